The van der Waals surface area contributed by atoms with Crippen LogP contribution in [0.2, 0.25) is 10.0 Å². The fraction of sp³-hybridized carbons (Fsp3) is 0. The maximum atomic E-state index is 10.8. The maximum absolute atomic E-state index is 10.8. The highest BCUT2D eigenvalue weighted by atomic mass is 79.9. The van der Waals surface area contributed by atoms with Gasteiger partial charge >= 0.3 is 0 Å². The average molecular weight is 269 g/mol. The van der Waals surface area contributed by atoms with Gasteiger partial charge in [-0.2, -0.15) is 0 Å². The molecule has 0 aliphatic carbocycles. The third-order valence-corrected chi connectivity index (χ3v) is 2.65. The first kappa shape index (κ1) is 9.84. The Kier molecular flexibility index (Phi) is 2.99. The zero-order chi connectivity index (χ0) is 9.30. The Morgan fingerprint density at radius 2 is 1.83 bits per heavy atom. The summed E-state index contributed by atoms with van der Waals surface area (Å²) in [5.74, 6) is -0.541. The molecule has 1 amide bonds. The van der Waals surface area contributed by atoms with Crippen molar-refractivity contribution in [2.45, 2.75) is 0 Å². The van der Waals surface area contributed by atoms with Crippen LogP contribution in [0.5, 0.6) is 0 Å². The molecule has 0 fully saturated rings. The molecule has 0 saturated carbocycles. The summed E-state index contributed by atoms with van der Waals surface area (Å²) in [7, 11) is 0. The van der Waals surface area contributed by atoms with E-state index in [0.29, 0.717) is 20.1 Å². The lowest BCUT2D eigenvalue weighted by atomic mass is 10.2. The highest BCUT2D eigenvalue weighted by molar-refractivity contribution is 9.10. The maximum Gasteiger partial charge on any atom is 0.249 e. The number of carbonyl (C=O) groups is 1. The number of benzene rings is 1. The molecule has 0 bridgehead atoms. The van der Waals surface area contributed by atoms with Gasteiger partial charge in [0, 0.05) is 4.47 Å². The van der Waals surface area contributed by atoms with Crippen LogP contribution < -0.4 is 5.73 Å². The molecule has 0 aliphatic rings. The molecule has 0 heterocycles. The van der Waals surface area contributed by atoms with Gasteiger partial charge in [-0.15, -0.1) is 0 Å². The van der Waals surface area contributed by atoms with Crippen molar-refractivity contribution in [3.8, 4) is 0 Å². The Hall–Kier alpha value is -0.250. The Morgan fingerprint density at radius 3 is 2.33 bits per heavy atom. The van der Waals surface area contributed by atoms with Crippen molar-refractivity contribution < 1.29 is 4.79 Å². The topological polar surface area (TPSA) is 43.1 Å². The summed E-state index contributed by atoms with van der Waals surface area (Å²) < 4.78 is 0.546. The predicted octanol–water partition coefficient (Wildman–Crippen LogP) is 2.85. The number of carbonyl (C=O) groups excluding carboxylic acids is 1. The summed E-state index contributed by atoms with van der Waals surface area (Å²) >= 11 is 14.5. The van der Waals surface area contributed by atoms with E-state index in [1.54, 1.807) is 0 Å². The SMILES string of the molecule is NC(=O)c1cc(Cl)c(Cl)cc1Br. The molecule has 2 nitrogen and oxygen atoms in total. The number of nitrogens with two attached hydrogens (primary N) is 1. The quantitative estimate of drug-likeness (QED) is 0.782. The van der Waals surface area contributed by atoms with E-state index in [-0.39, 0.29) is 0 Å². The Bertz CT molecular complexity index is 340. The van der Waals surface area contributed by atoms with Gasteiger partial charge in [-0.1, -0.05) is 23.2 Å². The zero-order valence-corrected chi connectivity index (χ0v) is 8.87. The van der Waals surface area contributed by atoms with E-state index in [0.717, 1.165) is 0 Å². The molecule has 0 spiro atoms. The van der Waals surface area contributed by atoms with Crippen molar-refractivity contribution in [1.29, 1.82) is 0 Å². The number of halogens is 3. The number of amides is 1. The highest BCUT2D eigenvalue weighted by Crippen LogP contribution is 2.28. The van der Waals surface area contributed by atoms with E-state index in [2.05, 4.69) is 15.9 Å². The number of rotatable bonds is 1. The summed E-state index contributed by atoms with van der Waals surface area (Å²) in [5.41, 5.74) is 5.39. The summed E-state index contributed by atoms with van der Waals surface area (Å²) in [6.07, 6.45) is 0. The van der Waals surface area contributed by atoms with Gasteiger partial charge in [0.1, 0.15) is 0 Å². The molecule has 1 aromatic carbocycles. The van der Waals surface area contributed by atoms with E-state index in [1.807, 2.05) is 0 Å². The smallest absolute Gasteiger partial charge is 0.249 e. The fourth-order valence-corrected chi connectivity index (χ4v) is 1.71. The van der Waals surface area contributed by atoms with Gasteiger partial charge in [-0.05, 0) is 28.1 Å². The molecule has 5 heteroatoms. The average Bonchev–Trinajstić information content (AvgIpc) is 1.96. The molecule has 0 aromatic heterocycles. The van der Waals surface area contributed by atoms with Crippen molar-refractivity contribution in [1.82, 2.24) is 0 Å². The van der Waals surface area contributed by atoms with Gasteiger partial charge in [0.05, 0.1) is 15.6 Å². The Morgan fingerprint density at radius 1 is 1.33 bits per heavy atom. The van der Waals surface area contributed by atoms with Gasteiger partial charge < -0.3 is 5.73 Å². The number of hydrogen-bond acceptors (Lipinski definition) is 1. The van der Waals surface area contributed by atoms with E-state index in [4.69, 9.17) is 28.9 Å². The third kappa shape index (κ3) is 1.91. The lowest BCUT2D eigenvalue weighted by Crippen LogP contribution is -2.11. The van der Waals surface area contributed by atoms with Crippen molar-refractivity contribution in [3.63, 3.8) is 0 Å². The Labute approximate surface area is 87.8 Å². The second-order valence-electron chi connectivity index (χ2n) is 2.11. The largest absolute Gasteiger partial charge is 0.366 e. The van der Waals surface area contributed by atoms with Crippen molar-refractivity contribution in [3.05, 3.63) is 32.2 Å². The van der Waals surface area contributed by atoms with Crippen LogP contribution in [0.3, 0.4) is 0 Å². The minimum absolute atomic E-state index is 0.314. The van der Waals surface area contributed by atoms with Gasteiger partial charge in [0.15, 0.2) is 0 Å². The van der Waals surface area contributed by atoms with Crippen LogP contribution in [0.1, 0.15) is 10.4 Å². The van der Waals surface area contributed by atoms with E-state index < -0.39 is 5.91 Å². The van der Waals surface area contributed by atoms with Crippen LogP contribution >= 0.6 is 39.1 Å². The third-order valence-electron chi connectivity index (χ3n) is 1.28. The summed E-state index contributed by atoms with van der Waals surface area (Å²) in [6.45, 7) is 0. The number of primary amides is 1. The molecular formula is C7H4BrCl2NO. The van der Waals surface area contributed by atoms with Crippen LogP contribution in [0.15, 0.2) is 16.6 Å². The molecule has 0 unspecified atom stereocenters. The van der Waals surface area contributed by atoms with E-state index >= 15 is 0 Å². The lowest BCUT2D eigenvalue weighted by molar-refractivity contribution is 0.0999. The molecule has 64 valence electrons. The molecule has 2 N–H and O–H groups in total. The van der Waals surface area contributed by atoms with Crippen LogP contribution in [-0.2, 0) is 0 Å². The first-order chi connectivity index (χ1) is 5.52. The predicted molar refractivity (Wildman–Crippen MR) is 52.7 cm³/mol. The molecule has 12 heavy (non-hydrogen) atoms. The molecule has 1 rings (SSSR count). The summed E-state index contributed by atoms with van der Waals surface area (Å²) in [6, 6.07) is 2.96. The van der Waals surface area contributed by atoms with Crippen molar-refractivity contribution in [2.75, 3.05) is 0 Å². The normalized spacial score (nSPS) is 9.92. The monoisotopic (exact) mass is 267 g/mol. The van der Waals surface area contributed by atoms with Crippen LogP contribution in [0.4, 0.5) is 0 Å². The minimum Gasteiger partial charge on any atom is -0.366 e. The summed E-state index contributed by atoms with van der Waals surface area (Å²) in [4.78, 5) is 10.8. The van der Waals surface area contributed by atoms with E-state index in [1.165, 1.54) is 12.1 Å². The summed E-state index contributed by atoms with van der Waals surface area (Å²) in [5, 5.41) is 0.696. The number of hydrogen-bond donors (Lipinski definition) is 1. The standard InChI is InChI=1S/C7H4BrCl2NO/c8-4-2-6(10)5(9)1-3(4)7(11)12/h1-2H,(H2,11,12). The van der Waals surface area contributed by atoms with Crippen LogP contribution in [-0.4, -0.2) is 5.91 Å². The van der Waals surface area contributed by atoms with E-state index in [9.17, 15) is 4.79 Å². The molecular weight excluding hydrogens is 265 g/mol. The highest BCUT2D eigenvalue weighted by Gasteiger charge is 2.09. The molecule has 0 aliphatic heterocycles. The van der Waals surface area contributed by atoms with Gasteiger partial charge in [0.25, 0.3) is 0 Å². The second-order valence-corrected chi connectivity index (χ2v) is 3.78. The van der Waals surface area contributed by atoms with Crippen molar-refractivity contribution in [2.24, 2.45) is 5.73 Å². The van der Waals surface area contributed by atoms with Gasteiger partial charge in [-0.3, -0.25) is 4.79 Å². The molecule has 0 atom stereocenters. The fourth-order valence-electron chi connectivity index (χ4n) is 0.711. The molecule has 0 radical (unpaired) electrons. The molecule has 1 aromatic rings. The molecule has 0 saturated heterocycles. The lowest BCUT2D eigenvalue weighted by Gasteiger charge is -2.01. The minimum atomic E-state index is -0.541. The van der Waals surface area contributed by atoms with Gasteiger partial charge in [-0.25, -0.2) is 0 Å². The first-order valence-electron chi connectivity index (χ1n) is 2.96. The van der Waals surface area contributed by atoms with Crippen LogP contribution in [0.25, 0.3) is 0 Å². The first-order valence-corrected chi connectivity index (χ1v) is 4.51. The Balaban J connectivity index is 3.33. The van der Waals surface area contributed by atoms with Crippen LogP contribution in [0, 0.1) is 0 Å². The zero-order valence-electron chi connectivity index (χ0n) is 5.77. The van der Waals surface area contributed by atoms with Crippen molar-refractivity contribution >= 4 is 45.0 Å². The van der Waals surface area contributed by atoms with Gasteiger partial charge in [0.2, 0.25) is 5.91 Å². The second kappa shape index (κ2) is 3.64.